The summed E-state index contributed by atoms with van der Waals surface area (Å²) in [4.78, 5) is 8.96. The van der Waals surface area contributed by atoms with Gasteiger partial charge in [0, 0.05) is 22.1 Å². The number of aromatic nitrogens is 2. The summed E-state index contributed by atoms with van der Waals surface area (Å²) in [6.45, 7) is 8.34. The molecule has 5 heteroatoms. The molecule has 0 saturated heterocycles. The van der Waals surface area contributed by atoms with Crippen LogP contribution >= 0.6 is 31.9 Å². The number of benzene rings is 1. The summed E-state index contributed by atoms with van der Waals surface area (Å²) in [5.41, 5.74) is 3.45. The monoisotopic (exact) mass is 397 g/mol. The van der Waals surface area contributed by atoms with Crippen molar-refractivity contribution in [1.82, 2.24) is 9.97 Å². The fourth-order valence-corrected chi connectivity index (χ4v) is 3.08. The third-order valence-electron chi connectivity index (χ3n) is 2.98. The van der Waals surface area contributed by atoms with Crippen molar-refractivity contribution >= 4 is 43.4 Å². The second kappa shape index (κ2) is 6.22. The van der Waals surface area contributed by atoms with Crippen LogP contribution in [0.4, 0.5) is 11.5 Å². The molecule has 2 aromatic rings. The lowest BCUT2D eigenvalue weighted by Crippen LogP contribution is -2.04. The van der Waals surface area contributed by atoms with Crippen LogP contribution < -0.4 is 5.32 Å². The van der Waals surface area contributed by atoms with Crippen molar-refractivity contribution in [1.29, 1.82) is 0 Å². The molecule has 0 spiro atoms. The average Bonchev–Trinajstić information content (AvgIpc) is 2.33. The first-order chi connectivity index (χ1) is 9.36. The minimum absolute atomic E-state index is 0.292. The van der Waals surface area contributed by atoms with E-state index in [9.17, 15) is 0 Å². The zero-order chi connectivity index (χ0) is 14.9. The van der Waals surface area contributed by atoms with Gasteiger partial charge in [0.2, 0.25) is 0 Å². The maximum absolute atomic E-state index is 4.57. The lowest BCUT2D eigenvalue weighted by molar-refractivity contribution is 0.771. The first-order valence-corrected chi connectivity index (χ1v) is 8.03. The van der Waals surface area contributed by atoms with Gasteiger partial charge in [-0.1, -0.05) is 29.8 Å². The number of anilines is 2. The SMILES string of the molecule is Cc1cc(Br)cc(C)c1Nc1cc(Br)nc(C(C)C)n1. The molecule has 1 heterocycles. The third-order valence-corrected chi connectivity index (χ3v) is 3.84. The van der Waals surface area contributed by atoms with E-state index in [-0.39, 0.29) is 0 Å². The van der Waals surface area contributed by atoms with Gasteiger partial charge < -0.3 is 5.32 Å². The second-order valence-electron chi connectivity index (χ2n) is 5.13. The smallest absolute Gasteiger partial charge is 0.135 e. The van der Waals surface area contributed by atoms with Crippen LogP contribution in [-0.4, -0.2) is 9.97 Å². The molecule has 1 aromatic heterocycles. The van der Waals surface area contributed by atoms with Gasteiger partial charge in [0.05, 0.1) is 0 Å². The number of nitrogens with one attached hydrogen (secondary N) is 1. The van der Waals surface area contributed by atoms with E-state index < -0.39 is 0 Å². The lowest BCUT2D eigenvalue weighted by atomic mass is 10.1. The van der Waals surface area contributed by atoms with Crippen LogP contribution in [0.15, 0.2) is 27.3 Å². The average molecular weight is 399 g/mol. The van der Waals surface area contributed by atoms with E-state index in [0.717, 1.165) is 26.4 Å². The molecule has 0 amide bonds. The van der Waals surface area contributed by atoms with Crippen LogP contribution in [0, 0.1) is 13.8 Å². The van der Waals surface area contributed by atoms with Gasteiger partial charge in [-0.15, -0.1) is 0 Å². The zero-order valence-corrected chi connectivity index (χ0v) is 15.1. The normalized spacial score (nSPS) is 10.9. The Morgan fingerprint density at radius 3 is 2.15 bits per heavy atom. The second-order valence-corrected chi connectivity index (χ2v) is 6.86. The van der Waals surface area contributed by atoms with Gasteiger partial charge in [0.15, 0.2) is 0 Å². The van der Waals surface area contributed by atoms with Gasteiger partial charge in [-0.05, 0) is 53.0 Å². The van der Waals surface area contributed by atoms with Gasteiger partial charge >= 0.3 is 0 Å². The van der Waals surface area contributed by atoms with E-state index in [1.165, 1.54) is 11.1 Å². The number of rotatable bonds is 3. The minimum atomic E-state index is 0.292. The molecular formula is C15H17Br2N3. The largest absolute Gasteiger partial charge is 0.340 e. The maximum Gasteiger partial charge on any atom is 0.135 e. The number of hydrogen-bond donors (Lipinski definition) is 1. The van der Waals surface area contributed by atoms with Gasteiger partial charge in [-0.3, -0.25) is 0 Å². The summed E-state index contributed by atoms with van der Waals surface area (Å²) in [7, 11) is 0. The number of nitrogens with zero attached hydrogens (tertiary/aromatic N) is 2. The lowest BCUT2D eigenvalue weighted by Gasteiger charge is -2.14. The van der Waals surface area contributed by atoms with Gasteiger partial charge in [0.25, 0.3) is 0 Å². The van der Waals surface area contributed by atoms with Crippen molar-refractivity contribution in [2.75, 3.05) is 5.32 Å². The van der Waals surface area contributed by atoms with Crippen molar-refractivity contribution in [3.63, 3.8) is 0 Å². The highest BCUT2D eigenvalue weighted by molar-refractivity contribution is 9.10. The zero-order valence-electron chi connectivity index (χ0n) is 12.0. The Labute approximate surface area is 136 Å². The van der Waals surface area contributed by atoms with Crippen LogP contribution in [0.3, 0.4) is 0 Å². The Bertz CT molecular complexity index is 616. The molecule has 0 saturated carbocycles. The van der Waals surface area contributed by atoms with Crippen LogP contribution in [0.1, 0.15) is 36.7 Å². The molecule has 20 heavy (non-hydrogen) atoms. The highest BCUT2D eigenvalue weighted by Gasteiger charge is 2.09. The van der Waals surface area contributed by atoms with Crippen molar-refractivity contribution in [3.8, 4) is 0 Å². The molecule has 0 aliphatic rings. The molecule has 0 radical (unpaired) electrons. The molecule has 0 unspecified atom stereocenters. The molecule has 0 fully saturated rings. The van der Waals surface area contributed by atoms with E-state index in [1.54, 1.807) is 0 Å². The highest BCUT2D eigenvalue weighted by Crippen LogP contribution is 2.28. The Morgan fingerprint density at radius 1 is 1.00 bits per heavy atom. The third kappa shape index (κ3) is 3.58. The van der Waals surface area contributed by atoms with Gasteiger partial charge in [-0.2, -0.15) is 0 Å². The highest BCUT2D eigenvalue weighted by atomic mass is 79.9. The molecule has 0 aliphatic heterocycles. The molecule has 0 atom stereocenters. The molecule has 2 rings (SSSR count). The van der Waals surface area contributed by atoms with Crippen LogP contribution in [0.25, 0.3) is 0 Å². The van der Waals surface area contributed by atoms with E-state index >= 15 is 0 Å². The Hall–Kier alpha value is -0.940. The Morgan fingerprint density at radius 2 is 1.60 bits per heavy atom. The van der Waals surface area contributed by atoms with Crippen LogP contribution in [0.5, 0.6) is 0 Å². The Kier molecular flexibility index (Phi) is 4.81. The van der Waals surface area contributed by atoms with Crippen molar-refractivity contribution < 1.29 is 0 Å². The topological polar surface area (TPSA) is 37.8 Å². The summed E-state index contributed by atoms with van der Waals surface area (Å²) in [5, 5.41) is 3.40. The van der Waals surface area contributed by atoms with Crippen LogP contribution in [0.2, 0.25) is 0 Å². The van der Waals surface area contributed by atoms with Gasteiger partial charge in [0.1, 0.15) is 16.2 Å². The number of halogens is 2. The summed E-state index contributed by atoms with van der Waals surface area (Å²) < 4.78 is 1.89. The molecule has 1 aromatic carbocycles. The van der Waals surface area contributed by atoms with E-state index in [2.05, 4.69) is 87.0 Å². The van der Waals surface area contributed by atoms with Crippen molar-refractivity contribution in [2.24, 2.45) is 0 Å². The van der Waals surface area contributed by atoms with Crippen molar-refractivity contribution in [2.45, 2.75) is 33.6 Å². The van der Waals surface area contributed by atoms with E-state index in [4.69, 9.17) is 0 Å². The first-order valence-electron chi connectivity index (χ1n) is 6.45. The molecule has 0 aliphatic carbocycles. The summed E-state index contributed by atoms with van der Waals surface area (Å²) in [6, 6.07) is 6.08. The fraction of sp³-hybridized carbons (Fsp3) is 0.333. The molecule has 106 valence electrons. The molecule has 3 nitrogen and oxygen atoms in total. The standard InChI is InChI=1S/C15H17Br2N3/c1-8(2)15-18-12(17)7-13(20-15)19-14-9(3)5-11(16)6-10(14)4/h5-8H,1-4H3,(H,18,19,20). The van der Waals surface area contributed by atoms with Crippen LogP contribution in [-0.2, 0) is 0 Å². The van der Waals surface area contributed by atoms with E-state index in [1.807, 2.05) is 6.07 Å². The van der Waals surface area contributed by atoms with Gasteiger partial charge in [-0.25, -0.2) is 9.97 Å². The quantitative estimate of drug-likeness (QED) is 0.695. The summed E-state index contributed by atoms with van der Waals surface area (Å²) in [5.74, 6) is 1.93. The van der Waals surface area contributed by atoms with Crippen molar-refractivity contribution in [3.05, 3.63) is 44.2 Å². The number of aryl methyl sites for hydroxylation is 2. The summed E-state index contributed by atoms with van der Waals surface area (Å²) >= 11 is 6.96. The summed E-state index contributed by atoms with van der Waals surface area (Å²) in [6.07, 6.45) is 0. The molecule has 0 bridgehead atoms. The fourth-order valence-electron chi connectivity index (χ4n) is 1.99. The van der Waals surface area contributed by atoms with E-state index in [0.29, 0.717) is 5.92 Å². The molecular weight excluding hydrogens is 382 g/mol. The first kappa shape index (κ1) is 15.4. The number of hydrogen-bond acceptors (Lipinski definition) is 3. The molecule has 1 N–H and O–H groups in total. The minimum Gasteiger partial charge on any atom is -0.340 e. The predicted molar refractivity (Wildman–Crippen MR) is 90.7 cm³/mol. The maximum atomic E-state index is 4.57. The Balaban J connectivity index is 2.40. The predicted octanol–water partition coefficient (Wildman–Crippen LogP) is 5.49.